The number of rotatable bonds is 2. The van der Waals surface area contributed by atoms with E-state index in [1.165, 1.54) is 29.1 Å². The highest BCUT2D eigenvalue weighted by Gasteiger charge is 2.23. The molecular weight excluding hydrogens is 190 g/mol. The van der Waals surface area contributed by atoms with Crippen molar-refractivity contribution in [3.05, 3.63) is 35.4 Å². The SMILES string of the molecule is Cc1ccc(C(N)C2CCSC2)cc1. The van der Waals surface area contributed by atoms with Gasteiger partial charge in [0.2, 0.25) is 0 Å². The van der Waals surface area contributed by atoms with E-state index < -0.39 is 0 Å². The van der Waals surface area contributed by atoms with E-state index >= 15 is 0 Å². The third-order valence-electron chi connectivity index (χ3n) is 2.94. The van der Waals surface area contributed by atoms with Gasteiger partial charge in [0.1, 0.15) is 0 Å². The van der Waals surface area contributed by atoms with E-state index in [-0.39, 0.29) is 6.04 Å². The van der Waals surface area contributed by atoms with E-state index in [9.17, 15) is 0 Å². The second-order valence-electron chi connectivity index (χ2n) is 4.06. The first-order valence-electron chi connectivity index (χ1n) is 5.17. The molecule has 0 aromatic heterocycles. The highest BCUT2D eigenvalue weighted by Crippen LogP contribution is 2.32. The Morgan fingerprint density at radius 3 is 2.64 bits per heavy atom. The van der Waals surface area contributed by atoms with Gasteiger partial charge in [-0.2, -0.15) is 11.8 Å². The summed E-state index contributed by atoms with van der Waals surface area (Å²) in [7, 11) is 0. The molecule has 1 aliphatic heterocycles. The quantitative estimate of drug-likeness (QED) is 0.807. The lowest BCUT2D eigenvalue weighted by Gasteiger charge is -2.18. The Labute approximate surface area is 90.1 Å². The zero-order valence-electron chi connectivity index (χ0n) is 8.57. The van der Waals surface area contributed by atoms with Gasteiger partial charge in [-0.25, -0.2) is 0 Å². The van der Waals surface area contributed by atoms with Crippen LogP contribution in [0.1, 0.15) is 23.6 Å². The van der Waals surface area contributed by atoms with Gasteiger partial charge in [-0.1, -0.05) is 29.8 Å². The van der Waals surface area contributed by atoms with Gasteiger partial charge in [0.25, 0.3) is 0 Å². The highest BCUT2D eigenvalue weighted by molar-refractivity contribution is 7.99. The molecule has 1 aliphatic rings. The highest BCUT2D eigenvalue weighted by atomic mass is 32.2. The van der Waals surface area contributed by atoms with Gasteiger partial charge in [0.05, 0.1) is 0 Å². The van der Waals surface area contributed by atoms with Crippen LogP contribution in [0.5, 0.6) is 0 Å². The van der Waals surface area contributed by atoms with Crippen molar-refractivity contribution >= 4 is 11.8 Å². The molecule has 1 aromatic carbocycles. The van der Waals surface area contributed by atoms with Crippen LogP contribution < -0.4 is 5.73 Å². The summed E-state index contributed by atoms with van der Waals surface area (Å²) >= 11 is 2.03. The van der Waals surface area contributed by atoms with Crippen molar-refractivity contribution < 1.29 is 0 Å². The molecule has 0 aliphatic carbocycles. The zero-order chi connectivity index (χ0) is 9.97. The molecule has 2 unspecified atom stereocenters. The Bertz CT molecular complexity index is 288. The average Bonchev–Trinajstić information content (AvgIpc) is 2.71. The molecule has 76 valence electrons. The third-order valence-corrected chi connectivity index (χ3v) is 4.12. The van der Waals surface area contributed by atoms with Gasteiger partial charge in [0.15, 0.2) is 0 Å². The number of aryl methyl sites for hydroxylation is 1. The Morgan fingerprint density at radius 1 is 1.36 bits per heavy atom. The van der Waals surface area contributed by atoms with Crippen molar-refractivity contribution in [3.8, 4) is 0 Å². The van der Waals surface area contributed by atoms with Gasteiger partial charge >= 0.3 is 0 Å². The molecule has 1 saturated heterocycles. The minimum Gasteiger partial charge on any atom is -0.324 e. The van der Waals surface area contributed by atoms with Gasteiger partial charge in [-0.15, -0.1) is 0 Å². The Kier molecular flexibility index (Phi) is 3.14. The maximum Gasteiger partial charge on any atom is 0.0331 e. The molecule has 14 heavy (non-hydrogen) atoms. The van der Waals surface area contributed by atoms with E-state index in [4.69, 9.17) is 5.73 Å². The summed E-state index contributed by atoms with van der Waals surface area (Å²) < 4.78 is 0. The largest absolute Gasteiger partial charge is 0.324 e. The molecule has 1 heterocycles. The second kappa shape index (κ2) is 4.37. The van der Waals surface area contributed by atoms with Crippen LogP contribution in [0.2, 0.25) is 0 Å². The molecule has 2 rings (SSSR count). The molecule has 0 amide bonds. The first kappa shape index (κ1) is 10.1. The van der Waals surface area contributed by atoms with Crippen LogP contribution in [0.4, 0.5) is 0 Å². The van der Waals surface area contributed by atoms with Gasteiger partial charge in [-0.05, 0) is 36.3 Å². The Hall–Kier alpha value is -0.470. The lowest BCUT2D eigenvalue weighted by molar-refractivity contribution is 0.482. The van der Waals surface area contributed by atoms with Crippen LogP contribution in [0.15, 0.2) is 24.3 Å². The first-order valence-corrected chi connectivity index (χ1v) is 6.33. The summed E-state index contributed by atoms with van der Waals surface area (Å²) in [6, 6.07) is 8.88. The van der Waals surface area contributed by atoms with Crippen molar-refractivity contribution in [2.24, 2.45) is 11.7 Å². The van der Waals surface area contributed by atoms with E-state index in [0.29, 0.717) is 5.92 Å². The van der Waals surface area contributed by atoms with Crippen molar-refractivity contribution in [1.82, 2.24) is 0 Å². The number of hydrogen-bond donors (Lipinski definition) is 1. The molecule has 2 N–H and O–H groups in total. The third kappa shape index (κ3) is 2.12. The zero-order valence-corrected chi connectivity index (χ0v) is 9.39. The van der Waals surface area contributed by atoms with Crippen LogP contribution in [-0.4, -0.2) is 11.5 Å². The predicted molar refractivity (Wildman–Crippen MR) is 63.5 cm³/mol. The molecule has 0 bridgehead atoms. The van der Waals surface area contributed by atoms with Crippen LogP contribution in [-0.2, 0) is 0 Å². The van der Waals surface area contributed by atoms with Crippen molar-refractivity contribution in [2.75, 3.05) is 11.5 Å². The number of thioether (sulfide) groups is 1. The number of benzene rings is 1. The maximum absolute atomic E-state index is 6.24. The molecule has 0 saturated carbocycles. The molecule has 1 fully saturated rings. The maximum atomic E-state index is 6.24. The van der Waals surface area contributed by atoms with E-state index in [2.05, 4.69) is 31.2 Å². The fraction of sp³-hybridized carbons (Fsp3) is 0.500. The summed E-state index contributed by atoms with van der Waals surface area (Å²) in [6.07, 6.45) is 1.28. The minimum absolute atomic E-state index is 0.241. The Morgan fingerprint density at radius 2 is 2.07 bits per heavy atom. The molecule has 1 nitrogen and oxygen atoms in total. The molecule has 0 radical (unpaired) electrons. The van der Waals surface area contributed by atoms with Crippen molar-refractivity contribution in [2.45, 2.75) is 19.4 Å². The summed E-state index contributed by atoms with van der Waals surface area (Å²) in [4.78, 5) is 0. The molecule has 0 spiro atoms. The van der Waals surface area contributed by atoms with Crippen LogP contribution in [0.3, 0.4) is 0 Å². The fourth-order valence-electron chi connectivity index (χ4n) is 1.90. The summed E-state index contributed by atoms with van der Waals surface area (Å²) in [5.41, 5.74) is 8.84. The summed E-state index contributed by atoms with van der Waals surface area (Å²) in [5, 5.41) is 0. The monoisotopic (exact) mass is 207 g/mol. The second-order valence-corrected chi connectivity index (χ2v) is 5.21. The van der Waals surface area contributed by atoms with E-state index in [1.807, 2.05) is 11.8 Å². The van der Waals surface area contributed by atoms with E-state index in [1.54, 1.807) is 0 Å². The van der Waals surface area contributed by atoms with Crippen LogP contribution in [0, 0.1) is 12.8 Å². The normalized spacial score (nSPS) is 23.7. The summed E-state index contributed by atoms with van der Waals surface area (Å²) in [6.45, 7) is 2.11. The number of nitrogens with two attached hydrogens (primary N) is 1. The summed E-state index contributed by atoms with van der Waals surface area (Å²) in [5.74, 6) is 3.20. The predicted octanol–water partition coefficient (Wildman–Crippen LogP) is 2.75. The smallest absolute Gasteiger partial charge is 0.0331 e. The minimum atomic E-state index is 0.241. The van der Waals surface area contributed by atoms with Crippen LogP contribution >= 0.6 is 11.8 Å². The molecule has 2 heteroatoms. The van der Waals surface area contributed by atoms with Gasteiger partial charge in [-0.3, -0.25) is 0 Å². The topological polar surface area (TPSA) is 26.0 Å². The standard InChI is InChI=1S/C12H17NS/c1-9-2-4-10(5-3-9)12(13)11-6-7-14-8-11/h2-5,11-12H,6-8,13H2,1H3. The van der Waals surface area contributed by atoms with Crippen molar-refractivity contribution in [3.63, 3.8) is 0 Å². The van der Waals surface area contributed by atoms with Gasteiger partial charge < -0.3 is 5.73 Å². The van der Waals surface area contributed by atoms with Crippen LogP contribution in [0.25, 0.3) is 0 Å². The fourth-order valence-corrected chi connectivity index (χ4v) is 3.21. The van der Waals surface area contributed by atoms with Crippen molar-refractivity contribution in [1.29, 1.82) is 0 Å². The molecule has 2 atom stereocenters. The average molecular weight is 207 g/mol. The molecule has 1 aromatic rings. The van der Waals surface area contributed by atoms with Gasteiger partial charge in [0, 0.05) is 6.04 Å². The van der Waals surface area contributed by atoms with E-state index in [0.717, 1.165) is 0 Å². The lowest BCUT2D eigenvalue weighted by atomic mass is 9.93. The number of hydrogen-bond acceptors (Lipinski definition) is 2. The lowest BCUT2D eigenvalue weighted by Crippen LogP contribution is -2.20. The molecular formula is C12H17NS. The Balaban J connectivity index is 2.09. The first-order chi connectivity index (χ1) is 6.77.